The molecular formula is C13H13F3N4O. The second-order valence-electron chi connectivity index (χ2n) is 4.46. The molecule has 2 rings (SSSR count). The second kappa shape index (κ2) is 5.12. The maximum absolute atomic E-state index is 12.8. The van der Waals surface area contributed by atoms with Crippen LogP contribution in [0.25, 0.3) is 11.3 Å². The normalized spacial score (nSPS) is 12.7. The van der Waals surface area contributed by atoms with Crippen molar-refractivity contribution >= 4 is 5.71 Å². The molecule has 0 amide bonds. The summed E-state index contributed by atoms with van der Waals surface area (Å²) < 4.78 is 39.5. The summed E-state index contributed by atoms with van der Waals surface area (Å²) in [6.45, 7) is 1.54. The van der Waals surface area contributed by atoms with E-state index in [1.807, 2.05) is 0 Å². The first-order valence-corrected chi connectivity index (χ1v) is 5.94. The molecule has 3 N–H and O–H groups in total. The number of nitrogens with zero attached hydrogens (tertiary/aromatic N) is 3. The Morgan fingerprint density at radius 3 is 2.62 bits per heavy atom. The van der Waals surface area contributed by atoms with Crippen molar-refractivity contribution in [2.45, 2.75) is 13.1 Å². The lowest BCUT2D eigenvalue weighted by atomic mass is 10.1. The highest BCUT2D eigenvalue weighted by atomic mass is 19.4. The summed E-state index contributed by atoms with van der Waals surface area (Å²) >= 11 is 0. The van der Waals surface area contributed by atoms with E-state index in [0.29, 0.717) is 0 Å². The molecule has 0 bridgehead atoms. The fraction of sp³-hybridized carbons (Fsp3) is 0.231. The number of alkyl halides is 3. The Kier molecular flexibility index (Phi) is 3.63. The fourth-order valence-electron chi connectivity index (χ4n) is 1.98. The Morgan fingerprint density at radius 2 is 2.05 bits per heavy atom. The zero-order chi connectivity index (χ0) is 15.8. The minimum absolute atomic E-state index is 0.132. The molecule has 0 saturated heterocycles. The highest BCUT2D eigenvalue weighted by Gasteiger charge is 2.31. The molecule has 0 spiro atoms. The maximum atomic E-state index is 12.8. The van der Waals surface area contributed by atoms with E-state index >= 15 is 0 Å². The molecule has 0 fully saturated rings. The van der Waals surface area contributed by atoms with E-state index in [2.05, 4.69) is 10.2 Å². The molecule has 0 aliphatic heterocycles. The maximum Gasteiger partial charge on any atom is 0.416 e. The van der Waals surface area contributed by atoms with Gasteiger partial charge in [0.25, 0.3) is 0 Å². The number of benzene rings is 1. The SMILES string of the molecule is CC(=NN)c1nn(C)c(-c2cccc(C(F)(F)F)c2)c1O. The van der Waals surface area contributed by atoms with Crippen LogP contribution in [0, 0.1) is 0 Å². The number of halogens is 3. The van der Waals surface area contributed by atoms with Crippen LogP contribution >= 0.6 is 0 Å². The van der Waals surface area contributed by atoms with Crippen LogP contribution in [0.15, 0.2) is 29.4 Å². The third-order valence-corrected chi connectivity index (χ3v) is 3.02. The largest absolute Gasteiger partial charge is 0.504 e. The van der Waals surface area contributed by atoms with Crippen LogP contribution in [-0.4, -0.2) is 20.6 Å². The van der Waals surface area contributed by atoms with Crippen molar-refractivity contribution in [3.8, 4) is 17.0 Å². The smallest absolute Gasteiger partial charge is 0.416 e. The minimum atomic E-state index is -4.46. The van der Waals surface area contributed by atoms with Crippen LogP contribution in [0.4, 0.5) is 13.2 Å². The predicted molar refractivity (Wildman–Crippen MR) is 71.7 cm³/mol. The van der Waals surface area contributed by atoms with Gasteiger partial charge in [-0.2, -0.15) is 23.4 Å². The van der Waals surface area contributed by atoms with E-state index in [1.165, 1.54) is 30.8 Å². The van der Waals surface area contributed by atoms with Gasteiger partial charge in [-0.15, -0.1) is 0 Å². The Hall–Kier alpha value is -2.51. The molecule has 0 aliphatic rings. The molecule has 8 heteroatoms. The lowest BCUT2D eigenvalue weighted by Crippen LogP contribution is -2.05. The van der Waals surface area contributed by atoms with Gasteiger partial charge in [-0.1, -0.05) is 12.1 Å². The van der Waals surface area contributed by atoms with Crippen LogP contribution in [-0.2, 0) is 13.2 Å². The van der Waals surface area contributed by atoms with Crippen molar-refractivity contribution in [2.24, 2.45) is 18.0 Å². The van der Waals surface area contributed by atoms with E-state index in [-0.39, 0.29) is 28.4 Å². The van der Waals surface area contributed by atoms with Crippen molar-refractivity contribution in [1.82, 2.24) is 9.78 Å². The van der Waals surface area contributed by atoms with Gasteiger partial charge < -0.3 is 10.9 Å². The Balaban J connectivity index is 2.61. The second-order valence-corrected chi connectivity index (χ2v) is 4.46. The topological polar surface area (TPSA) is 76.4 Å². The summed E-state index contributed by atoms with van der Waals surface area (Å²) in [6.07, 6.45) is -4.46. The van der Waals surface area contributed by atoms with Gasteiger partial charge in [0.15, 0.2) is 11.4 Å². The van der Waals surface area contributed by atoms with Gasteiger partial charge >= 0.3 is 6.18 Å². The van der Waals surface area contributed by atoms with Crippen molar-refractivity contribution < 1.29 is 18.3 Å². The van der Waals surface area contributed by atoms with E-state index < -0.39 is 11.7 Å². The standard InChI is InChI=1S/C13H13F3N4O/c1-7(18-17)10-12(21)11(20(2)19-10)8-4-3-5-9(6-8)13(14,15)16/h3-6,21H,17H2,1-2H3. The summed E-state index contributed by atoms with van der Waals surface area (Å²) in [4.78, 5) is 0. The summed E-state index contributed by atoms with van der Waals surface area (Å²) in [7, 11) is 1.52. The number of aromatic hydroxyl groups is 1. The monoisotopic (exact) mass is 298 g/mol. The number of aryl methyl sites for hydroxylation is 1. The van der Waals surface area contributed by atoms with Crippen molar-refractivity contribution in [1.29, 1.82) is 0 Å². The van der Waals surface area contributed by atoms with E-state index in [0.717, 1.165) is 12.1 Å². The van der Waals surface area contributed by atoms with Gasteiger partial charge in [-0.3, -0.25) is 4.68 Å². The summed E-state index contributed by atoms with van der Waals surface area (Å²) in [5.74, 6) is 4.87. The first-order chi connectivity index (χ1) is 9.75. The first-order valence-electron chi connectivity index (χ1n) is 5.94. The summed E-state index contributed by atoms with van der Waals surface area (Å²) in [5.41, 5.74) is -0.0207. The number of hydrazone groups is 1. The Bertz CT molecular complexity index is 704. The Labute approximate surface area is 118 Å². The van der Waals surface area contributed by atoms with Gasteiger partial charge in [0.1, 0.15) is 5.69 Å². The first kappa shape index (κ1) is 14.9. The van der Waals surface area contributed by atoms with Crippen molar-refractivity contribution in [2.75, 3.05) is 0 Å². The molecule has 5 nitrogen and oxygen atoms in total. The van der Waals surface area contributed by atoms with Gasteiger partial charge in [-0.25, -0.2) is 0 Å². The highest BCUT2D eigenvalue weighted by Crippen LogP contribution is 2.36. The molecule has 1 heterocycles. The molecule has 0 atom stereocenters. The fourth-order valence-corrected chi connectivity index (χ4v) is 1.98. The molecule has 0 saturated carbocycles. The predicted octanol–water partition coefficient (Wildman–Crippen LogP) is 2.49. The van der Waals surface area contributed by atoms with Crippen molar-refractivity contribution in [3.63, 3.8) is 0 Å². The quantitative estimate of drug-likeness (QED) is 0.508. The third-order valence-electron chi connectivity index (χ3n) is 3.02. The Morgan fingerprint density at radius 1 is 1.38 bits per heavy atom. The highest BCUT2D eigenvalue weighted by molar-refractivity contribution is 6.00. The molecule has 1 aromatic heterocycles. The number of hydrogen-bond donors (Lipinski definition) is 2. The average Bonchev–Trinajstić information content (AvgIpc) is 2.72. The zero-order valence-corrected chi connectivity index (χ0v) is 11.3. The van der Waals surface area contributed by atoms with E-state index in [1.54, 1.807) is 0 Å². The number of hydrogen-bond acceptors (Lipinski definition) is 4. The van der Waals surface area contributed by atoms with Crippen LogP contribution < -0.4 is 5.84 Å². The summed E-state index contributed by atoms with van der Waals surface area (Å²) in [5, 5.41) is 17.6. The molecule has 0 unspecified atom stereocenters. The van der Waals surface area contributed by atoms with Gasteiger partial charge in [0.2, 0.25) is 0 Å². The lowest BCUT2D eigenvalue weighted by Gasteiger charge is -2.09. The van der Waals surface area contributed by atoms with Crippen LogP contribution in [0.5, 0.6) is 5.75 Å². The lowest BCUT2D eigenvalue weighted by molar-refractivity contribution is -0.137. The molecule has 0 radical (unpaired) electrons. The molecule has 112 valence electrons. The van der Waals surface area contributed by atoms with Crippen LogP contribution in [0.1, 0.15) is 18.2 Å². The van der Waals surface area contributed by atoms with Crippen LogP contribution in [0.3, 0.4) is 0 Å². The van der Waals surface area contributed by atoms with Gasteiger partial charge in [-0.05, 0) is 19.1 Å². The molecule has 21 heavy (non-hydrogen) atoms. The molecular weight excluding hydrogens is 285 g/mol. The number of nitrogens with two attached hydrogens (primary N) is 1. The van der Waals surface area contributed by atoms with E-state index in [9.17, 15) is 18.3 Å². The minimum Gasteiger partial charge on any atom is -0.504 e. The van der Waals surface area contributed by atoms with Crippen LogP contribution in [0.2, 0.25) is 0 Å². The average molecular weight is 298 g/mol. The van der Waals surface area contributed by atoms with Gasteiger partial charge in [0, 0.05) is 12.6 Å². The number of aromatic nitrogens is 2. The molecule has 1 aromatic carbocycles. The van der Waals surface area contributed by atoms with E-state index in [4.69, 9.17) is 5.84 Å². The van der Waals surface area contributed by atoms with Gasteiger partial charge in [0.05, 0.1) is 11.3 Å². The third kappa shape index (κ3) is 2.69. The van der Waals surface area contributed by atoms with Crippen molar-refractivity contribution in [3.05, 3.63) is 35.5 Å². The number of rotatable bonds is 2. The molecule has 2 aromatic rings. The summed E-state index contributed by atoms with van der Waals surface area (Å²) in [6, 6.07) is 4.65. The zero-order valence-electron chi connectivity index (χ0n) is 11.3. The molecule has 0 aliphatic carbocycles.